The zero-order chi connectivity index (χ0) is 12.7. The van der Waals surface area contributed by atoms with Crippen molar-refractivity contribution in [2.24, 2.45) is 4.99 Å². The van der Waals surface area contributed by atoms with Gasteiger partial charge in [0.25, 0.3) is 0 Å². The molecular weight excluding hydrogens is 214 g/mol. The van der Waals surface area contributed by atoms with Crippen LogP contribution in [0.25, 0.3) is 0 Å². The van der Waals surface area contributed by atoms with Crippen LogP contribution in [0.5, 0.6) is 0 Å². The molecule has 0 saturated carbocycles. The molecule has 1 heterocycles. The summed E-state index contributed by atoms with van der Waals surface area (Å²) in [7, 11) is 2.06. The second-order valence-electron chi connectivity index (χ2n) is 4.28. The first-order valence-corrected chi connectivity index (χ1v) is 5.93. The fraction of sp³-hybridized carbons (Fsp3) is 0.538. The van der Waals surface area contributed by atoms with Gasteiger partial charge in [-0.3, -0.25) is 4.99 Å². The molecule has 0 saturated heterocycles. The molecular formula is C13H21N3O. The third kappa shape index (κ3) is 4.95. The summed E-state index contributed by atoms with van der Waals surface area (Å²) in [6, 6.07) is -0.0739. The Morgan fingerprint density at radius 1 is 1.59 bits per heavy atom. The van der Waals surface area contributed by atoms with E-state index >= 15 is 0 Å². The van der Waals surface area contributed by atoms with Gasteiger partial charge in [0.05, 0.1) is 6.04 Å². The van der Waals surface area contributed by atoms with Crippen LogP contribution in [0.1, 0.15) is 20.3 Å². The molecule has 0 aliphatic carbocycles. The topological polar surface area (TPSA) is 44.7 Å². The van der Waals surface area contributed by atoms with Gasteiger partial charge in [-0.15, -0.1) is 0 Å². The van der Waals surface area contributed by atoms with Crippen molar-refractivity contribution in [1.82, 2.24) is 10.2 Å². The SMILES string of the molecule is CC1=CC=C(N(C)CCNC(C)C=O)CC=N1. The van der Waals surface area contributed by atoms with Crippen LogP contribution in [0.4, 0.5) is 0 Å². The molecule has 1 aliphatic rings. The second-order valence-corrected chi connectivity index (χ2v) is 4.28. The van der Waals surface area contributed by atoms with Crippen LogP contribution in [-0.2, 0) is 4.79 Å². The highest BCUT2D eigenvalue weighted by Crippen LogP contribution is 2.10. The van der Waals surface area contributed by atoms with Crippen LogP contribution in [0.2, 0.25) is 0 Å². The lowest BCUT2D eigenvalue weighted by molar-refractivity contribution is -0.109. The molecule has 0 amide bonds. The number of hydrogen-bond acceptors (Lipinski definition) is 4. The van der Waals surface area contributed by atoms with E-state index in [1.165, 1.54) is 5.70 Å². The number of likely N-dealkylation sites (N-methyl/N-ethyl adjacent to an activating group) is 1. The average molecular weight is 235 g/mol. The summed E-state index contributed by atoms with van der Waals surface area (Å²) in [5, 5.41) is 3.14. The van der Waals surface area contributed by atoms with Crippen molar-refractivity contribution < 1.29 is 4.79 Å². The molecule has 17 heavy (non-hydrogen) atoms. The van der Waals surface area contributed by atoms with Crippen molar-refractivity contribution in [3.05, 3.63) is 23.5 Å². The van der Waals surface area contributed by atoms with E-state index in [1.807, 2.05) is 26.1 Å². The van der Waals surface area contributed by atoms with E-state index in [9.17, 15) is 4.79 Å². The fourth-order valence-corrected chi connectivity index (χ4v) is 1.55. The number of carbonyl (C=O) groups excluding carboxylic acids is 1. The Labute approximate surface area is 103 Å². The summed E-state index contributed by atoms with van der Waals surface area (Å²) >= 11 is 0. The Balaban J connectivity index is 2.40. The quantitative estimate of drug-likeness (QED) is 0.707. The van der Waals surface area contributed by atoms with Gasteiger partial charge in [-0.1, -0.05) is 0 Å². The van der Waals surface area contributed by atoms with Crippen molar-refractivity contribution in [3.63, 3.8) is 0 Å². The third-order valence-corrected chi connectivity index (χ3v) is 2.72. The summed E-state index contributed by atoms with van der Waals surface area (Å²) < 4.78 is 0. The molecule has 4 heteroatoms. The zero-order valence-corrected chi connectivity index (χ0v) is 10.8. The van der Waals surface area contributed by atoms with Gasteiger partial charge in [-0.25, -0.2) is 0 Å². The Kier molecular flexibility index (Phi) is 5.63. The lowest BCUT2D eigenvalue weighted by Gasteiger charge is -2.22. The van der Waals surface area contributed by atoms with Gasteiger partial charge in [-0.2, -0.15) is 0 Å². The Morgan fingerprint density at radius 2 is 2.35 bits per heavy atom. The zero-order valence-electron chi connectivity index (χ0n) is 10.8. The highest BCUT2D eigenvalue weighted by atomic mass is 16.1. The molecule has 0 aromatic carbocycles. The van der Waals surface area contributed by atoms with Gasteiger partial charge in [0.15, 0.2) is 0 Å². The maximum Gasteiger partial charge on any atom is 0.136 e. The Morgan fingerprint density at radius 3 is 3.06 bits per heavy atom. The predicted molar refractivity (Wildman–Crippen MR) is 71.1 cm³/mol. The number of nitrogens with one attached hydrogen (secondary N) is 1. The Bertz CT molecular complexity index is 345. The van der Waals surface area contributed by atoms with Gasteiger partial charge in [0.2, 0.25) is 0 Å². The lowest BCUT2D eigenvalue weighted by atomic mass is 10.2. The molecule has 0 fully saturated rings. The first-order valence-electron chi connectivity index (χ1n) is 5.93. The minimum Gasteiger partial charge on any atom is -0.376 e. The molecule has 1 N–H and O–H groups in total. The van der Waals surface area contributed by atoms with Gasteiger partial charge in [0.1, 0.15) is 6.29 Å². The monoisotopic (exact) mass is 235 g/mol. The third-order valence-electron chi connectivity index (χ3n) is 2.72. The smallest absolute Gasteiger partial charge is 0.136 e. The van der Waals surface area contributed by atoms with E-state index in [4.69, 9.17) is 0 Å². The van der Waals surface area contributed by atoms with Crippen LogP contribution in [0, 0.1) is 0 Å². The number of allylic oxidation sites excluding steroid dienone is 4. The van der Waals surface area contributed by atoms with Crippen molar-refractivity contribution in [1.29, 1.82) is 0 Å². The standard InChI is InChI=1S/C13H21N3O/c1-11-4-5-13(6-7-14-11)16(3)9-8-15-12(2)10-17/h4-5,7,10,12,15H,6,8-9H2,1-3H3. The van der Waals surface area contributed by atoms with Crippen LogP contribution < -0.4 is 5.32 Å². The molecule has 94 valence electrons. The highest BCUT2D eigenvalue weighted by molar-refractivity contribution is 5.63. The minimum atomic E-state index is -0.0739. The number of rotatable bonds is 6. The van der Waals surface area contributed by atoms with Crippen LogP contribution in [0.3, 0.4) is 0 Å². The maximum absolute atomic E-state index is 10.5. The number of nitrogens with zero attached hydrogens (tertiary/aromatic N) is 2. The molecule has 0 radical (unpaired) electrons. The summed E-state index contributed by atoms with van der Waals surface area (Å²) in [6.07, 6.45) is 7.84. The van der Waals surface area contributed by atoms with E-state index in [1.54, 1.807) is 0 Å². The van der Waals surface area contributed by atoms with Crippen molar-refractivity contribution in [2.75, 3.05) is 20.1 Å². The molecule has 4 nitrogen and oxygen atoms in total. The number of hydrogen-bond donors (Lipinski definition) is 1. The highest BCUT2D eigenvalue weighted by Gasteiger charge is 2.05. The Hall–Kier alpha value is -1.42. The van der Waals surface area contributed by atoms with Crippen molar-refractivity contribution in [3.8, 4) is 0 Å². The molecule has 1 atom stereocenters. The number of aliphatic imine (C=N–C) groups is 1. The van der Waals surface area contributed by atoms with Crippen molar-refractivity contribution >= 4 is 12.5 Å². The molecule has 1 aliphatic heterocycles. The molecule has 1 rings (SSSR count). The van der Waals surface area contributed by atoms with E-state index in [2.05, 4.69) is 28.3 Å². The number of aldehydes is 1. The first-order chi connectivity index (χ1) is 8.13. The lowest BCUT2D eigenvalue weighted by Crippen LogP contribution is -2.34. The van der Waals surface area contributed by atoms with E-state index in [0.717, 1.165) is 31.5 Å². The molecule has 0 bridgehead atoms. The van der Waals surface area contributed by atoms with Gasteiger partial charge < -0.3 is 15.0 Å². The van der Waals surface area contributed by atoms with Crippen molar-refractivity contribution in [2.45, 2.75) is 26.3 Å². The van der Waals surface area contributed by atoms with Gasteiger partial charge in [0, 0.05) is 44.2 Å². The van der Waals surface area contributed by atoms with Gasteiger partial charge >= 0.3 is 0 Å². The fourth-order valence-electron chi connectivity index (χ4n) is 1.55. The summed E-state index contributed by atoms with van der Waals surface area (Å²) in [4.78, 5) is 16.9. The van der Waals surface area contributed by atoms with E-state index in [-0.39, 0.29) is 6.04 Å². The van der Waals surface area contributed by atoms with E-state index in [0.29, 0.717) is 0 Å². The van der Waals surface area contributed by atoms with Crippen LogP contribution >= 0.6 is 0 Å². The maximum atomic E-state index is 10.5. The molecule has 0 aromatic rings. The number of carbonyl (C=O) groups is 1. The minimum absolute atomic E-state index is 0.0739. The second kappa shape index (κ2) is 7.01. The summed E-state index contributed by atoms with van der Waals surface area (Å²) in [6.45, 7) is 5.53. The van der Waals surface area contributed by atoms with Gasteiger partial charge in [-0.05, 0) is 26.0 Å². The van der Waals surface area contributed by atoms with E-state index < -0.39 is 0 Å². The average Bonchev–Trinajstić information content (AvgIpc) is 2.53. The summed E-state index contributed by atoms with van der Waals surface area (Å²) in [5.41, 5.74) is 2.27. The van der Waals surface area contributed by atoms with Crippen LogP contribution in [-0.4, -0.2) is 43.6 Å². The summed E-state index contributed by atoms with van der Waals surface area (Å²) in [5.74, 6) is 0. The largest absolute Gasteiger partial charge is 0.376 e. The van der Waals surface area contributed by atoms with Crippen LogP contribution in [0.15, 0.2) is 28.5 Å². The predicted octanol–water partition coefficient (Wildman–Crippen LogP) is 1.36. The molecule has 0 spiro atoms. The normalized spacial score (nSPS) is 16.9. The first kappa shape index (κ1) is 13.6. The molecule has 0 aromatic heterocycles. The molecule has 1 unspecified atom stereocenters.